The summed E-state index contributed by atoms with van der Waals surface area (Å²) >= 11 is 0. The van der Waals surface area contributed by atoms with E-state index in [1.807, 2.05) is 0 Å². The highest BCUT2D eigenvalue weighted by molar-refractivity contribution is 6.06. The summed E-state index contributed by atoms with van der Waals surface area (Å²) < 4.78 is 0. The molecule has 3 amide bonds. The first kappa shape index (κ1) is 13.0. The molecule has 0 radical (unpaired) electrons. The first-order chi connectivity index (χ1) is 8.43. The van der Waals surface area contributed by atoms with Crippen LogP contribution in [0, 0.1) is 5.92 Å². The van der Waals surface area contributed by atoms with Crippen molar-refractivity contribution in [3.63, 3.8) is 0 Å². The van der Waals surface area contributed by atoms with Gasteiger partial charge in [0.05, 0.1) is 5.92 Å². The van der Waals surface area contributed by atoms with Crippen LogP contribution < -0.4 is 10.6 Å². The van der Waals surface area contributed by atoms with Crippen molar-refractivity contribution in [2.75, 3.05) is 19.6 Å². The van der Waals surface area contributed by atoms with Gasteiger partial charge in [-0.2, -0.15) is 0 Å². The van der Waals surface area contributed by atoms with Crippen LogP contribution in [0.1, 0.15) is 26.7 Å². The van der Waals surface area contributed by atoms with E-state index in [0.29, 0.717) is 6.54 Å². The predicted molar refractivity (Wildman–Crippen MR) is 64.5 cm³/mol. The van der Waals surface area contributed by atoms with Gasteiger partial charge in [0.25, 0.3) is 5.91 Å². The van der Waals surface area contributed by atoms with Gasteiger partial charge in [-0.25, -0.2) is 0 Å². The van der Waals surface area contributed by atoms with Crippen molar-refractivity contribution in [1.82, 2.24) is 15.5 Å². The van der Waals surface area contributed by atoms with Gasteiger partial charge < -0.3 is 10.2 Å². The SMILES string of the molecule is CC1(C)C(=O)NC(=O)CN1C(=O)C1CCCNC1. The third-order valence-corrected chi connectivity index (χ3v) is 3.70. The molecule has 2 saturated heterocycles. The molecule has 0 aromatic rings. The van der Waals surface area contributed by atoms with Gasteiger partial charge in [0, 0.05) is 6.54 Å². The molecule has 0 bridgehead atoms. The second-order valence-electron chi connectivity index (χ2n) is 5.40. The Morgan fingerprint density at radius 1 is 1.39 bits per heavy atom. The van der Waals surface area contributed by atoms with Crippen LogP contribution in [0.4, 0.5) is 0 Å². The molecule has 2 fully saturated rings. The zero-order valence-corrected chi connectivity index (χ0v) is 10.8. The van der Waals surface area contributed by atoms with Gasteiger partial charge in [-0.05, 0) is 33.2 Å². The minimum atomic E-state index is -0.956. The third-order valence-electron chi connectivity index (χ3n) is 3.70. The number of hydrogen-bond acceptors (Lipinski definition) is 4. The molecular weight excluding hydrogens is 234 g/mol. The second kappa shape index (κ2) is 4.68. The number of piperazine rings is 1. The van der Waals surface area contributed by atoms with Gasteiger partial charge in [0.1, 0.15) is 12.1 Å². The van der Waals surface area contributed by atoms with Gasteiger partial charge in [-0.3, -0.25) is 19.7 Å². The van der Waals surface area contributed by atoms with Gasteiger partial charge in [0.15, 0.2) is 0 Å². The number of carbonyl (C=O) groups is 3. The Morgan fingerprint density at radius 3 is 2.72 bits per heavy atom. The van der Waals surface area contributed by atoms with E-state index in [4.69, 9.17) is 0 Å². The predicted octanol–water partition coefficient (Wildman–Crippen LogP) is -0.750. The number of piperidine rings is 1. The van der Waals surface area contributed by atoms with Crippen molar-refractivity contribution < 1.29 is 14.4 Å². The van der Waals surface area contributed by atoms with Gasteiger partial charge in [-0.15, -0.1) is 0 Å². The lowest BCUT2D eigenvalue weighted by Crippen LogP contribution is -2.66. The fourth-order valence-electron chi connectivity index (χ4n) is 2.42. The van der Waals surface area contributed by atoms with Crippen LogP contribution in [0.15, 0.2) is 0 Å². The van der Waals surface area contributed by atoms with E-state index >= 15 is 0 Å². The fourth-order valence-corrected chi connectivity index (χ4v) is 2.42. The summed E-state index contributed by atoms with van der Waals surface area (Å²) in [4.78, 5) is 37.0. The zero-order chi connectivity index (χ0) is 13.3. The third kappa shape index (κ3) is 2.25. The Hall–Kier alpha value is -1.43. The summed E-state index contributed by atoms with van der Waals surface area (Å²) in [6.07, 6.45) is 1.76. The van der Waals surface area contributed by atoms with Crippen LogP contribution in [-0.4, -0.2) is 47.8 Å². The number of rotatable bonds is 1. The summed E-state index contributed by atoms with van der Waals surface area (Å²) in [5.74, 6) is -1.04. The van der Waals surface area contributed by atoms with Crippen LogP contribution in [0.3, 0.4) is 0 Å². The monoisotopic (exact) mass is 253 g/mol. The lowest BCUT2D eigenvalue weighted by Gasteiger charge is -2.42. The standard InChI is InChI=1S/C12H19N3O3/c1-12(2)11(18)14-9(16)7-15(12)10(17)8-4-3-5-13-6-8/h8,13H,3-7H2,1-2H3,(H,14,16,18). The highest BCUT2D eigenvalue weighted by Crippen LogP contribution is 2.23. The molecule has 18 heavy (non-hydrogen) atoms. The Bertz CT molecular complexity index is 386. The molecule has 0 saturated carbocycles. The maximum absolute atomic E-state index is 12.4. The number of nitrogens with zero attached hydrogens (tertiary/aromatic N) is 1. The summed E-state index contributed by atoms with van der Waals surface area (Å²) in [5.41, 5.74) is -0.956. The zero-order valence-electron chi connectivity index (χ0n) is 10.8. The molecule has 1 atom stereocenters. The number of nitrogens with one attached hydrogen (secondary N) is 2. The van der Waals surface area contributed by atoms with E-state index in [-0.39, 0.29) is 18.4 Å². The molecule has 2 aliphatic heterocycles. The summed E-state index contributed by atoms with van der Waals surface area (Å²) in [7, 11) is 0. The van der Waals surface area contributed by atoms with E-state index in [9.17, 15) is 14.4 Å². The van der Waals surface area contributed by atoms with Gasteiger partial charge in [-0.1, -0.05) is 0 Å². The Morgan fingerprint density at radius 2 is 2.11 bits per heavy atom. The van der Waals surface area contributed by atoms with E-state index in [2.05, 4.69) is 10.6 Å². The Balaban J connectivity index is 2.16. The Kier molecular flexibility index (Phi) is 3.38. The van der Waals surface area contributed by atoms with Crippen molar-refractivity contribution >= 4 is 17.7 Å². The molecule has 0 aliphatic carbocycles. The largest absolute Gasteiger partial charge is 0.319 e. The smallest absolute Gasteiger partial charge is 0.252 e. The highest BCUT2D eigenvalue weighted by Gasteiger charge is 2.45. The first-order valence-electron chi connectivity index (χ1n) is 6.29. The molecular formula is C12H19N3O3. The molecule has 2 N–H and O–H groups in total. The Labute approximate surface area is 106 Å². The molecule has 0 spiro atoms. The number of hydrogen-bond donors (Lipinski definition) is 2. The summed E-state index contributed by atoms with van der Waals surface area (Å²) in [5, 5.41) is 5.44. The normalized spacial score (nSPS) is 27.9. The lowest BCUT2D eigenvalue weighted by molar-refractivity contribution is -0.158. The van der Waals surface area contributed by atoms with E-state index in [1.54, 1.807) is 13.8 Å². The number of carbonyl (C=O) groups excluding carboxylic acids is 3. The van der Waals surface area contributed by atoms with Crippen molar-refractivity contribution in [1.29, 1.82) is 0 Å². The molecule has 6 heteroatoms. The van der Waals surface area contributed by atoms with Crippen LogP contribution in [0.2, 0.25) is 0 Å². The minimum absolute atomic E-state index is 0.0337. The molecule has 0 aromatic heterocycles. The maximum Gasteiger partial charge on any atom is 0.252 e. The number of imide groups is 1. The quantitative estimate of drug-likeness (QED) is 0.603. The van der Waals surface area contributed by atoms with Crippen LogP contribution in [0.5, 0.6) is 0 Å². The average Bonchev–Trinajstić information content (AvgIpc) is 2.34. The van der Waals surface area contributed by atoms with Gasteiger partial charge in [0.2, 0.25) is 11.8 Å². The van der Waals surface area contributed by atoms with Crippen molar-refractivity contribution in [3.8, 4) is 0 Å². The van der Waals surface area contributed by atoms with Crippen molar-refractivity contribution in [2.24, 2.45) is 5.92 Å². The first-order valence-corrected chi connectivity index (χ1v) is 6.29. The molecule has 2 rings (SSSR count). The van der Waals surface area contributed by atoms with Crippen LogP contribution >= 0.6 is 0 Å². The molecule has 2 heterocycles. The average molecular weight is 253 g/mol. The lowest BCUT2D eigenvalue weighted by atomic mass is 9.92. The molecule has 100 valence electrons. The molecule has 1 unspecified atom stereocenters. The topological polar surface area (TPSA) is 78.5 Å². The summed E-state index contributed by atoms with van der Waals surface area (Å²) in [6, 6.07) is 0. The summed E-state index contributed by atoms with van der Waals surface area (Å²) in [6.45, 7) is 4.85. The molecule has 2 aliphatic rings. The number of amides is 3. The second-order valence-corrected chi connectivity index (χ2v) is 5.40. The maximum atomic E-state index is 12.4. The van der Waals surface area contributed by atoms with Gasteiger partial charge >= 0.3 is 0 Å². The molecule has 0 aromatic carbocycles. The van der Waals surface area contributed by atoms with Crippen molar-refractivity contribution in [3.05, 3.63) is 0 Å². The highest BCUT2D eigenvalue weighted by atomic mass is 16.2. The van der Waals surface area contributed by atoms with Crippen LogP contribution in [-0.2, 0) is 14.4 Å². The van der Waals surface area contributed by atoms with E-state index in [0.717, 1.165) is 19.4 Å². The van der Waals surface area contributed by atoms with Crippen molar-refractivity contribution in [2.45, 2.75) is 32.2 Å². The van der Waals surface area contributed by atoms with E-state index < -0.39 is 17.4 Å². The van der Waals surface area contributed by atoms with Crippen LogP contribution in [0.25, 0.3) is 0 Å². The minimum Gasteiger partial charge on any atom is -0.319 e. The molecule has 6 nitrogen and oxygen atoms in total. The fraction of sp³-hybridized carbons (Fsp3) is 0.750. The van der Waals surface area contributed by atoms with E-state index in [1.165, 1.54) is 4.90 Å².